The molecule has 1 atom stereocenters. The maximum absolute atomic E-state index is 11.7. The molecule has 104 valence electrons. The molecule has 19 heavy (non-hydrogen) atoms. The number of hydrogen-bond donors (Lipinski definition) is 2. The molecule has 0 aliphatic heterocycles. The fourth-order valence-corrected chi connectivity index (χ4v) is 1.40. The van der Waals surface area contributed by atoms with Crippen molar-refractivity contribution in [3.63, 3.8) is 0 Å². The van der Waals surface area contributed by atoms with Crippen molar-refractivity contribution in [2.75, 3.05) is 6.61 Å². The zero-order chi connectivity index (χ0) is 14.4. The van der Waals surface area contributed by atoms with Gasteiger partial charge in [-0.25, -0.2) is 0 Å². The van der Waals surface area contributed by atoms with E-state index in [2.05, 4.69) is 5.32 Å². The topological polar surface area (TPSA) is 81.4 Å². The normalized spacial score (nSPS) is 12.0. The Kier molecular flexibility index (Phi) is 5.36. The molecule has 1 aromatic rings. The number of benzene rings is 1. The second-order valence-corrected chi connectivity index (χ2v) is 4.75. The number of hydrogen-bond acceptors (Lipinski definition) is 3. The summed E-state index contributed by atoms with van der Waals surface area (Å²) in [6.07, 6.45) is 0. The minimum atomic E-state index is -0.577. The van der Waals surface area contributed by atoms with Gasteiger partial charge in [0.1, 0.15) is 5.75 Å². The van der Waals surface area contributed by atoms with Gasteiger partial charge in [-0.1, -0.05) is 26.0 Å². The molecule has 1 aromatic carbocycles. The molecule has 0 saturated carbocycles. The number of ether oxygens (including phenoxy) is 1. The van der Waals surface area contributed by atoms with E-state index in [-0.39, 0.29) is 24.1 Å². The van der Waals surface area contributed by atoms with Gasteiger partial charge in [-0.15, -0.1) is 0 Å². The first kappa shape index (κ1) is 15.0. The number of para-hydroxylation sites is 1. The van der Waals surface area contributed by atoms with E-state index in [1.54, 1.807) is 24.3 Å². The molecule has 5 nitrogen and oxygen atoms in total. The second kappa shape index (κ2) is 6.78. The molecule has 0 aromatic heterocycles. The minimum Gasteiger partial charge on any atom is -0.483 e. The largest absolute Gasteiger partial charge is 0.483 e. The quantitative estimate of drug-likeness (QED) is 0.813. The smallest absolute Gasteiger partial charge is 0.258 e. The number of nitrogens with two attached hydrogens (primary N) is 1. The molecule has 0 spiro atoms. The van der Waals surface area contributed by atoms with Gasteiger partial charge in [0.05, 0.1) is 5.56 Å². The number of primary amides is 1. The Labute approximate surface area is 113 Å². The summed E-state index contributed by atoms with van der Waals surface area (Å²) < 4.78 is 5.33. The van der Waals surface area contributed by atoms with Crippen LogP contribution in [0.15, 0.2) is 24.3 Å². The lowest BCUT2D eigenvalue weighted by molar-refractivity contribution is -0.124. The fourth-order valence-electron chi connectivity index (χ4n) is 1.40. The predicted octanol–water partition coefficient (Wildman–Crippen LogP) is 1.32. The highest BCUT2D eigenvalue weighted by Gasteiger charge is 2.13. The van der Waals surface area contributed by atoms with Gasteiger partial charge in [0.25, 0.3) is 11.8 Å². The molecule has 5 heteroatoms. The van der Waals surface area contributed by atoms with E-state index in [4.69, 9.17) is 10.5 Å². The molecule has 0 unspecified atom stereocenters. The molecule has 0 heterocycles. The van der Waals surface area contributed by atoms with Crippen molar-refractivity contribution >= 4 is 11.8 Å². The van der Waals surface area contributed by atoms with E-state index < -0.39 is 5.91 Å². The zero-order valence-corrected chi connectivity index (χ0v) is 11.5. The lowest BCUT2D eigenvalue weighted by Crippen LogP contribution is -2.39. The molecule has 0 radical (unpaired) electrons. The van der Waals surface area contributed by atoms with Crippen LogP contribution in [0.4, 0.5) is 0 Å². The monoisotopic (exact) mass is 264 g/mol. The third kappa shape index (κ3) is 4.62. The number of nitrogens with one attached hydrogen (secondary N) is 1. The van der Waals surface area contributed by atoms with E-state index in [0.29, 0.717) is 11.7 Å². The first-order valence-electron chi connectivity index (χ1n) is 6.22. The van der Waals surface area contributed by atoms with Crippen LogP contribution in [0.25, 0.3) is 0 Å². The Balaban J connectivity index is 2.58. The van der Waals surface area contributed by atoms with Crippen molar-refractivity contribution in [2.24, 2.45) is 11.7 Å². The fraction of sp³-hybridized carbons (Fsp3) is 0.429. The zero-order valence-electron chi connectivity index (χ0n) is 11.5. The number of amides is 2. The van der Waals surface area contributed by atoms with Crippen molar-refractivity contribution < 1.29 is 14.3 Å². The Morgan fingerprint density at radius 3 is 2.47 bits per heavy atom. The lowest BCUT2D eigenvalue weighted by Gasteiger charge is -2.17. The van der Waals surface area contributed by atoms with Crippen LogP contribution in [0, 0.1) is 5.92 Å². The van der Waals surface area contributed by atoms with Gasteiger partial charge in [0.2, 0.25) is 0 Å². The van der Waals surface area contributed by atoms with E-state index in [0.717, 1.165) is 0 Å². The molecule has 0 saturated heterocycles. The van der Waals surface area contributed by atoms with Crippen molar-refractivity contribution in [1.82, 2.24) is 5.32 Å². The molecule has 0 bridgehead atoms. The molecule has 0 aliphatic carbocycles. The van der Waals surface area contributed by atoms with E-state index in [9.17, 15) is 9.59 Å². The maximum Gasteiger partial charge on any atom is 0.258 e. The highest BCUT2D eigenvalue weighted by Crippen LogP contribution is 2.16. The van der Waals surface area contributed by atoms with Crippen molar-refractivity contribution in [3.05, 3.63) is 29.8 Å². The van der Waals surface area contributed by atoms with E-state index in [1.165, 1.54) is 0 Å². The molecular weight excluding hydrogens is 244 g/mol. The van der Waals surface area contributed by atoms with Crippen LogP contribution in [0.5, 0.6) is 5.75 Å². The third-order valence-electron chi connectivity index (χ3n) is 2.90. The maximum atomic E-state index is 11.7. The van der Waals surface area contributed by atoms with Crippen molar-refractivity contribution in [3.8, 4) is 5.75 Å². The Bertz CT molecular complexity index is 458. The van der Waals surface area contributed by atoms with Crippen LogP contribution >= 0.6 is 0 Å². The summed E-state index contributed by atoms with van der Waals surface area (Å²) in [5, 5.41) is 2.82. The van der Waals surface area contributed by atoms with E-state index in [1.807, 2.05) is 20.8 Å². The minimum absolute atomic E-state index is 0.0717. The Hall–Kier alpha value is -2.04. The van der Waals surface area contributed by atoms with Gasteiger partial charge < -0.3 is 15.8 Å². The summed E-state index contributed by atoms with van der Waals surface area (Å²) in [6.45, 7) is 5.84. The van der Waals surface area contributed by atoms with Gasteiger partial charge in [0.15, 0.2) is 6.61 Å². The summed E-state index contributed by atoms with van der Waals surface area (Å²) in [5.74, 6) is -0.128. The molecule has 0 fully saturated rings. The second-order valence-electron chi connectivity index (χ2n) is 4.75. The molecule has 0 aliphatic rings. The Morgan fingerprint density at radius 1 is 1.26 bits per heavy atom. The first-order chi connectivity index (χ1) is 8.91. The van der Waals surface area contributed by atoms with Gasteiger partial charge >= 0.3 is 0 Å². The molecule has 2 amide bonds. The number of rotatable bonds is 6. The summed E-state index contributed by atoms with van der Waals surface area (Å²) in [7, 11) is 0. The van der Waals surface area contributed by atoms with Gasteiger partial charge in [0, 0.05) is 6.04 Å². The summed E-state index contributed by atoms with van der Waals surface area (Å²) in [6, 6.07) is 6.65. The standard InChI is InChI=1S/C14H20N2O3/c1-9(2)10(3)16-13(17)8-19-12-7-5-4-6-11(12)14(15)18/h4-7,9-10H,8H2,1-3H3,(H2,15,18)(H,16,17)/t10-/m0/s1. The molecule has 3 N–H and O–H groups in total. The van der Waals surface area contributed by atoms with E-state index >= 15 is 0 Å². The summed E-state index contributed by atoms with van der Waals surface area (Å²) in [5.41, 5.74) is 5.49. The van der Waals surface area contributed by atoms with Crippen molar-refractivity contribution in [2.45, 2.75) is 26.8 Å². The average molecular weight is 264 g/mol. The van der Waals surface area contributed by atoms with Crippen molar-refractivity contribution in [1.29, 1.82) is 0 Å². The number of carbonyl (C=O) groups excluding carboxylic acids is 2. The highest BCUT2D eigenvalue weighted by atomic mass is 16.5. The summed E-state index contributed by atoms with van der Waals surface area (Å²) >= 11 is 0. The SMILES string of the molecule is CC(C)[C@H](C)NC(=O)COc1ccccc1C(N)=O. The van der Waals surface area contributed by atoms with Crippen LogP contribution in [0.3, 0.4) is 0 Å². The van der Waals surface area contributed by atoms with Gasteiger partial charge in [-0.05, 0) is 25.0 Å². The van der Waals surface area contributed by atoms with Crippen LogP contribution in [0.1, 0.15) is 31.1 Å². The highest BCUT2D eigenvalue weighted by molar-refractivity contribution is 5.95. The first-order valence-corrected chi connectivity index (χ1v) is 6.22. The molecular formula is C14H20N2O3. The average Bonchev–Trinajstić information content (AvgIpc) is 2.36. The van der Waals surface area contributed by atoms with Crippen LogP contribution in [-0.2, 0) is 4.79 Å². The summed E-state index contributed by atoms with van der Waals surface area (Å²) in [4.78, 5) is 22.8. The van der Waals surface area contributed by atoms with Gasteiger partial charge in [-0.3, -0.25) is 9.59 Å². The predicted molar refractivity (Wildman–Crippen MR) is 72.9 cm³/mol. The number of carbonyl (C=O) groups is 2. The van der Waals surface area contributed by atoms with Crippen LogP contribution in [0.2, 0.25) is 0 Å². The third-order valence-corrected chi connectivity index (χ3v) is 2.90. The van der Waals surface area contributed by atoms with Gasteiger partial charge in [-0.2, -0.15) is 0 Å². The molecule has 1 rings (SSSR count). The van der Waals surface area contributed by atoms with Crippen LogP contribution in [-0.4, -0.2) is 24.5 Å². The Morgan fingerprint density at radius 2 is 1.89 bits per heavy atom. The van der Waals surface area contributed by atoms with Crippen LogP contribution < -0.4 is 15.8 Å². The lowest BCUT2D eigenvalue weighted by atomic mass is 10.1.